The van der Waals surface area contributed by atoms with Crippen molar-refractivity contribution >= 4 is 5.91 Å². The second-order valence-electron chi connectivity index (χ2n) is 7.17. The fourth-order valence-corrected chi connectivity index (χ4v) is 3.41. The van der Waals surface area contributed by atoms with Crippen molar-refractivity contribution in [3.05, 3.63) is 66.0 Å². The van der Waals surface area contributed by atoms with Gasteiger partial charge in [-0.05, 0) is 43.6 Å². The van der Waals surface area contributed by atoms with Gasteiger partial charge in [0.25, 0.3) is 0 Å². The van der Waals surface area contributed by atoms with Gasteiger partial charge in [0.15, 0.2) is 11.6 Å². The number of aliphatic hydroxyl groups is 1. The molecular formula is C22H27FN2O3. The molecule has 2 N–H and O–H groups in total. The monoisotopic (exact) mass is 386 g/mol. The van der Waals surface area contributed by atoms with Crippen molar-refractivity contribution in [2.75, 3.05) is 26.2 Å². The van der Waals surface area contributed by atoms with Gasteiger partial charge < -0.3 is 20.1 Å². The second-order valence-corrected chi connectivity index (χ2v) is 7.17. The molecule has 3 rings (SSSR count). The van der Waals surface area contributed by atoms with Crippen molar-refractivity contribution in [3.8, 4) is 5.75 Å². The number of likely N-dealkylation sites (tertiary alicyclic amines) is 1. The summed E-state index contributed by atoms with van der Waals surface area (Å²) in [5.41, 5.74) is 1.09. The van der Waals surface area contributed by atoms with Crippen LogP contribution in [0.15, 0.2) is 54.6 Å². The van der Waals surface area contributed by atoms with Crippen LogP contribution in [0, 0.1) is 11.7 Å². The van der Waals surface area contributed by atoms with Crippen molar-refractivity contribution in [2.45, 2.75) is 25.5 Å². The summed E-state index contributed by atoms with van der Waals surface area (Å²) in [6.45, 7) is 2.54. The molecule has 0 saturated carbocycles. The van der Waals surface area contributed by atoms with Crippen LogP contribution in [0.25, 0.3) is 0 Å². The molecule has 2 aromatic carbocycles. The number of carbonyl (C=O) groups is 1. The fraction of sp³-hybridized carbons (Fsp3) is 0.409. The van der Waals surface area contributed by atoms with E-state index in [4.69, 9.17) is 4.74 Å². The van der Waals surface area contributed by atoms with Gasteiger partial charge in [0.2, 0.25) is 5.91 Å². The third-order valence-corrected chi connectivity index (χ3v) is 5.00. The minimum Gasteiger partial charge on any atom is -0.488 e. The standard InChI is InChI=1S/C22H27FN2O3/c23-20-8-4-5-9-21(20)28-16-19(26)15-25-12-10-18(11-13-25)22(27)24-14-17-6-2-1-3-7-17/h1-9,18-19,26H,10-16H2,(H,24,27)/t19-/m1/s1. The molecule has 1 saturated heterocycles. The summed E-state index contributed by atoms with van der Waals surface area (Å²) < 4.78 is 18.9. The summed E-state index contributed by atoms with van der Waals surface area (Å²) in [5, 5.41) is 13.2. The number of halogens is 1. The van der Waals surface area contributed by atoms with E-state index in [0.29, 0.717) is 13.1 Å². The molecular weight excluding hydrogens is 359 g/mol. The normalized spacial score (nSPS) is 16.5. The van der Waals surface area contributed by atoms with Crippen LogP contribution in [-0.4, -0.2) is 48.3 Å². The second kappa shape index (κ2) is 10.2. The number of hydrogen-bond donors (Lipinski definition) is 2. The van der Waals surface area contributed by atoms with E-state index < -0.39 is 11.9 Å². The van der Waals surface area contributed by atoms with E-state index in [0.717, 1.165) is 31.5 Å². The molecule has 0 unspecified atom stereocenters. The summed E-state index contributed by atoms with van der Waals surface area (Å²) in [6.07, 6.45) is 0.825. The first-order valence-electron chi connectivity index (χ1n) is 9.71. The summed E-state index contributed by atoms with van der Waals surface area (Å²) in [4.78, 5) is 14.5. The van der Waals surface area contributed by atoms with E-state index in [1.165, 1.54) is 6.07 Å². The van der Waals surface area contributed by atoms with Crippen LogP contribution < -0.4 is 10.1 Å². The van der Waals surface area contributed by atoms with Gasteiger partial charge in [-0.2, -0.15) is 0 Å². The number of amides is 1. The van der Waals surface area contributed by atoms with Crippen LogP contribution in [0.5, 0.6) is 5.75 Å². The van der Waals surface area contributed by atoms with Gasteiger partial charge >= 0.3 is 0 Å². The number of nitrogens with zero attached hydrogens (tertiary/aromatic N) is 1. The summed E-state index contributed by atoms with van der Waals surface area (Å²) in [6, 6.07) is 16.0. The van der Waals surface area contributed by atoms with E-state index in [9.17, 15) is 14.3 Å². The van der Waals surface area contributed by atoms with Crippen LogP contribution in [-0.2, 0) is 11.3 Å². The highest BCUT2D eigenvalue weighted by molar-refractivity contribution is 5.78. The van der Waals surface area contributed by atoms with Crippen molar-refractivity contribution in [1.29, 1.82) is 0 Å². The zero-order chi connectivity index (χ0) is 19.8. The molecule has 2 aromatic rings. The van der Waals surface area contributed by atoms with Crippen LogP contribution in [0.3, 0.4) is 0 Å². The highest BCUT2D eigenvalue weighted by atomic mass is 19.1. The average Bonchev–Trinajstić information content (AvgIpc) is 2.73. The van der Waals surface area contributed by atoms with E-state index >= 15 is 0 Å². The molecule has 0 aliphatic carbocycles. The number of nitrogens with one attached hydrogen (secondary N) is 1. The van der Waals surface area contributed by atoms with E-state index in [1.54, 1.807) is 18.2 Å². The van der Waals surface area contributed by atoms with Gasteiger partial charge in [-0.1, -0.05) is 42.5 Å². The summed E-state index contributed by atoms with van der Waals surface area (Å²) >= 11 is 0. The van der Waals surface area contributed by atoms with E-state index in [-0.39, 0.29) is 24.2 Å². The van der Waals surface area contributed by atoms with Crippen LogP contribution in [0.1, 0.15) is 18.4 Å². The Bertz CT molecular complexity index is 748. The third kappa shape index (κ3) is 6.04. The number of para-hydroxylation sites is 1. The van der Waals surface area contributed by atoms with E-state index in [2.05, 4.69) is 10.2 Å². The van der Waals surface area contributed by atoms with Gasteiger partial charge in [-0.15, -0.1) is 0 Å². The number of benzene rings is 2. The van der Waals surface area contributed by atoms with Gasteiger partial charge in [-0.3, -0.25) is 4.79 Å². The molecule has 1 aliphatic heterocycles. The maximum Gasteiger partial charge on any atom is 0.223 e. The molecule has 150 valence electrons. The first-order chi connectivity index (χ1) is 13.6. The molecule has 28 heavy (non-hydrogen) atoms. The molecule has 0 spiro atoms. The van der Waals surface area contributed by atoms with Gasteiger partial charge in [-0.25, -0.2) is 4.39 Å². The Kier molecular flexibility index (Phi) is 7.39. The fourth-order valence-electron chi connectivity index (χ4n) is 3.41. The van der Waals surface area contributed by atoms with E-state index in [1.807, 2.05) is 30.3 Å². The lowest BCUT2D eigenvalue weighted by Gasteiger charge is -2.32. The van der Waals surface area contributed by atoms with Gasteiger partial charge in [0, 0.05) is 19.0 Å². The Balaban J connectivity index is 1.35. The molecule has 1 aliphatic rings. The zero-order valence-corrected chi connectivity index (χ0v) is 15.9. The number of carbonyl (C=O) groups excluding carboxylic acids is 1. The molecule has 0 bridgehead atoms. The third-order valence-electron chi connectivity index (χ3n) is 5.00. The lowest BCUT2D eigenvalue weighted by Crippen LogP contribution is -2.44. The molecule has 1 fully saturated rings. The van der Waals surface area contributed by atoms with Crippen molar-refractivity contribution < 1.29 is 19.0 Å². The first kappa shape index (κ1) is 20.3. The minimum absolute atomic E-state index is 0.00627. The Morgan fingerprint density at radius 3 is 2.54 bits per heavy atom. The maximum atomic E-state index is 13.5. The molecule has 1 amide bonds. The largest absolute Gasteiger partial charge is 0.488 e. The smallest absolute Gasteiger partial charge is 0.223 e. The number of ether oxygens (including phenoxy) is 1. The summed E-state index contributed by atoms with van der Waals surface area (Å²) in [7, 11) is 0. The van der Waals surface area contributed by atoms with Crippen molar-refractivity contribution in [3.63, 3.8) is 0 Å². The Hall–Kier alpha value is -2.44. The lowest BCUT2D eigenvalue weighted by molar-refractivity contribution is -0.126. The number of rotatable bonds is 8. The summed E-state index contributed by atoms with van der Waals surface area (Å²) in [5.74, 6) is -0.189. The topological polar surface area (TPSA) is 61.8 Å². The quantitative estimate of drug-likeness (QED) is 0.732. The lowest BCUT2D eigenvalue weighted by atomic mass is 9.95. The molecule has 1 atom stereocenters. The van der Waals surface area contributed by atoms with Gasteiger partial charge in [0.1, 0.15) is 12.7 Å². The number of piperidine rings is 1. The molecule has 6 heteroatoms. The highest BCUT2D eigenvalue weighted by Crippen LogP contribution is 2.19. The zero-order valence-electron chi connectivity index (χ0n) is 15.9. The number of hydrogen-bond acceptors (Lipinski definition) is 4. The molecule has 0 aromatic heterocycles. The Morgan fingerprint density at radius 2 is 1.82 bits per heavy atom. The molecule has 1 heterocycles. The molecule has 0 radical (unpaired) electrons. The number of β-amino-alcohol motifs (C(OH)–C–C–N with tert-alkyl or cyclic N) is 1. The van der Waals surface area contributed by atoms with Crippen LogP contribution in [0.4, 0.5) is 4.39 Å². The number of aliphatic hydroxyl groups excluding tert-OH is 1. The highest BCUT2D eigenvalue weighted by Gasteiger charge is 2.26. The average molecular weight is 386 g/mol. The van der Waals surface area contributed by atoms with Gasteiger partial charge in [0.05, 0.1) is 0 Å². The Morgan fingerprint density at radius 1 is 1.14 bits per heavy atom. The van der Waals surface area contributed by atoms with Crippen molar-refractivity contribution in [2.24, 2.45) is 5.92 Å². The van der Waals surface area contributed by atoms with Crippen LogP contribution >= 0.6 is 0 Å². The predicted octanol–water partition coefficient (Wildman–Crippen LogP) is 2.59. The van der Waals surface area contributed by atoms with Crippen LogP contribution in [0.2, 0.25) is 0 Å². The van der Waals surface area contributed by atoms with Crippen molar-refractivity contribution in [1.82, 2.24) is 10.2 Å². The molecule has 5 nitrogen and oxygen atoms in total. The minimum atomic E-state index is -0.705. The Labute approximate surface area is 165 Å². The predicted molar refractivity (Wildman–Crippen MR) is 105 cm³/mol. The maximum absolute atomic E-state index is 13.5. The SMILES string of the molecule is O=C(NCc1ccccc1)C1CCN(C[C@@H](O)COc2ccccc2F)CC1. The first-order valence-corrected chi connectivity index (χ1v) is 9.71.